The highest BCUT2D eigenvalue weighted by Gasteiger charge is 1.96. The van der Waals surface area contributed by atoms with Gasteiger partial charge in [0, 0.05) is 13.3 Å². The minimum Gasteiger partial charge on any atom is -0.295 e. The number of nitrogens with zero attached hydrogens (tertiary/aromatic N) is 2. The molecule has 3 heteroatoms. The van der Waals surface area contributed by atoms with Crippen molar-refractivity contribution in [1.82, 2.24) is 4.98 Å². The SMILES string of the molecule is C=Cc1ncsc1C=NC.CC. The zero-order chi connectivity index (χ0) is 9.40. The van der Waals surface area contributed by atoms with E-state index >= 15 is 0 Å². The Hall–Kier alpha value is -0.960. The first-order chi connectivity index (χ1) is 5.88. The summed E-state index contributed by atoms with van der Waals surface area (Å²) in [4.78, 5) is 9.01. The largest absolute Gasteiger partial charge is 0.295 e. The van der Waals surface area contributed by atoms with E-state index in [2.05, 4.69) is 16.6 Å². The molecule has 0 aliphatic carbocycles. The van der Waals surface area contributed by atoms with Gasteiger partial charge in [-0.3, -0.25) is 4.99 Å². The van der Waals surface area contributed by atoms with E-state index in [0.717, 1.165) is 10.6 Å². The first-order valence-corrected chi connectivity index (χ1v) is 4.74. The molecule has 0 saturated carbocycles. The molecule has 0 aliphatic heterocycles. The maximum absolute atomic E-state index is 4.06. The zero-order valence-corrected chi connectivity index (χ0v) is 8.56. The van der Waals surface area contributed by atoms with Gasteiger partial charge in [0.2, 0.25) is 0 Å². The zero-order valence-electron chi connectivity index (χ0n) is 7.74. The first kappa shape index (κ1) is 11.0. The number of hydrogen-bond donors (Lipinski definition) is 0. The fourth-order valence-corrected chi connectivity index (χ4v) is 1.33. The van der Waals surface area contributed by atoms with Gasteiger partial charge >= 0.3 is 0 Å². The fourth-order valence-electron chi connectivity index (χ4n) is 0.631. The molecule has 1 aromatic rings. The smallest absolute Gasteiger partial charge is 0.0821 e. The number of thiazole rings is 1. The Kier molecular flexibility index (Phi) is 6.19. The Balaban J connectivity index is 0.000000561. The van der Waals surface area contributed by atoms with E-state index in [4.69, 9.17) is 0 Å². The van der Waals surface area contributed by atoms with Crippen LogP contribution in [0.3, 0.4) is 0 Å². The van der Waals surface area contributed by atoms with Gasteiger partial charge in [-0.15, -0.1) is 11.3 Å². The van der Waals surface area contributed by atoms with E-state index < -0.39 is 0 Å². The second-order valence-corrected chi connectivity index (χ2v) is 2.58. The van der Waals surface area contributed by atoms with E-state index in [1.54, 1.807) is 36.2 Å². The third kappa shape index (κ3) is 2.96. The van der Waals surface area contributed by atoms with Crippen LogP contribution in [-0.4, -0.2) is 18.2 Å². The molecule has 0 bridgehead atoms. The maximum atomic E-state index is 4.06. The van der Waals surface area contributed by atoms with E-state index in [-0.39, 0.29) is 0 Å². The van der Waals surface area contributed by atoms with Crippen molar-refractivity contribution in [1.29, 1.82) is 0 Å². The predicted octanol–water partition coefficient (Wildman–Crippen LogP) is 2.86. The Morgan fingerprint density at radius 3 is 2.75 bits per heavy atom. The van der Waals surface area contributed by atoms with Crippen LogP contribution in [0.4, 0.5) is 0 Å². The number of rotatable bonds is 2. The molecule has 1 rings (SSSR count). The minimum atomic E-state index is 0.913. The predicted molar refractivity (Wildman–Crippen MR) is 57.1 cm³/mol. The van der Waals surface area contributed by atoms with E-state index in [1.165, 1.54) is 0 Å². The van der Waals surface area contributed by atoms with Crippen LogP contribution in [0.2, 0.25) is 0 Å². The monoisotopic (exact) mass is 182 g/mol. The topological polar surface area (TPSA) is 25.2 Å². The average Bonchev–Trinajstić information content (AvgIpc) is 2.56. The molecule has 1 aromatic heterocycles. The fraction of sp³-hybridized carbons (Fsp3) is 0.333. The van der Waals surface area contributed by atoms with Gasteiger partial charge in [-0.05, 0) is 6.08 Å². The molecule has 0 amide bonds. The van der Waals surface area contributed by atoms with Crippen LogP contribution in [0, 0.1) is 0 Å². The Bertz CT molecular complexity index is 251. The molecule has 12 heavy (non-hydrogen) atoms. The molecule has 0 fully saturated rings. The normalized spacial score (nSPS) is 9.25. The van der Waals surface area contributed by atoms with Crippen LogP contribution in [0.1, 0.15) is 24.4 Å². The Labute approximate surface area is 77.7 Å². The summed E-state index contributed by atoms with van der Waals surface area (Å²) in [5, 5.41) is 0. The van der Waals surface area contributed by atoms with Gasteiger partial charge < -0.3 is 0 Å². The minimum absolute atomic E-state index is 0.913. The van der Waals surface area contributed by atoms with Gasteiger partial charge in [0.05, 0.1) is 16.1 Å². The van der Waals surface area contributed by atoms with Gasteiger partial charge in [-0.25, -0.2) is 4.98 Å². The summed E-state index contributed by atoms with van der Waals surface area (Å²) in [6, 6.07) is 0. The second kappa shape index (κ2) is 6.73. The van der Waals surface area contributed by atoms with Gasteiger partial charge in [0.15, 0.2) is 0 Å². The molecule has 0 unspecified atom stereocenters. The van der Waals surface area contributed by atoms with Crippen molar-refractivity contribution in [3.05, 3.63) is 22.7 Å². The number of aliphatic imine (C=N–C) groups is 1. The number of aromatic nitrogens is 1. The molecular formula is C9H14N2S. The lowest BCUT2D eigenvalue weighted by atomic mass is 10.4. The third-order valence-electron chi connectivity index (χ3n) is 1.06. The van der Waals surface area contributed by atoms with E-state index in [9.17, 15) is 0 Å². The summed E-state index contributed by atoms with van der Waals surface area (Å²) in [6.45, 7) is 7.63. The van der Waals surface area contributed by atoms with Crippen molar-refractivity contribution in [2.75, 3.05) is 7.05 Å². The summed E-state index contributed by atoms with van der Waals surface area (Å²) < 4.78 is 0. The molecule has 2 nitrogen and oxygen atoms in total. The van der Waals surface area contributed by atoms with Crippen LogP contribution in [0.15, 0.2) is 17.1 Å². The molecule has 0 N–H and O–H groups in total. The highest BCUT2D eigenvalue weighted by molar-refractivity contribution is 7.11. The van der Waals surface area contributed by atoms with Crippen molar-refractivity contribution in [2.24, 2.45) is 4.99 Å². The van der Waals surface area contributed by atoms with Gasteiger partial charge in [0.1, 0.15) is 0 Å². The summed E-state index contributed by atoms with van der Waals surface area (Å²) in [7, 11) is 1.74. The standard InChI is InChI=1S/C7H8N2S.C2H6/c1-3-6-7(4-8-2)10-5-9-6;1-2/h3-5H,1H2,2H3;1-2H3. The van der Waals surface area contributed by atoms with Crippen molar-refractivity contribution < 1.29 is 0 Å². The summed E-state index contributed by atoms with van der Waals surface area (Å²) in [5.41, 5.74) is 2.70. The molecule has 0 aliphatic rings. The third-order valence-corrected chi connectivity index (χ3v) is 1.84. The molecule has 0 atom stereocenters. The molecular weight excluding hydrogens is 168 g/mol. The molecule has 0 aromatic carbocycles. The molecule has 1 heterocycles. The van der Waals surface area contributed by atoms with Crippen molar-refractivity contribution >= 4 is 23.6 Å². The van der Waals surface area contributed by atoms with Crippen LogP contribution in [0.5, 0.6) is 0 Å². The highest BCUT2D eigenvalue weighted by Crippen LogP contribution is 2.10. The van der Waals surface area contributed by atoms with E-state index in [1.807, 2.05) is 13.8 Å². The maximum Gasteiger partial charge on any atom is 0.0821 e. The van der Waals surface area contributed by atoms with Crippen molar-refractivity contribution in [3.63, 3.8) is 0 Å². The lowest BCUT2D eigenvalue weighted by Gasteiger charge is -1.84. The second-order valence-electron chi connectivity index (χ2n) is 1.69. The van der Waals surface area contributed by atoms with Crippen LogP contribution in [-0.2, 0) is 0 Å². The van der Waals surface area contributed by atoms with Crippen molar-refractivity contribution in [3.8, 4) is 0 Å². The summed E-state index contributed by atoms with van der Waals surface area (Å²) in [5.74, 6) is 0. The average molecular weight is 182 g/mol. The van der Waals surface area contributed by atoms with Gasteiger partial charge in [-0.1, -0.05) is 20.4 Å². The van der Waals surface area contributed by atoms with Crippen LogP contribution >= 0.6 is 11.3 Å². The lowest BCUT2D eigenvalue weighted by Crippen LogP contribution is -1.78. The van der Waals surface area contributed by atoms with Crippen LogP contribution in [0.25, 0.3) is 6.08 Å². The highest BCUT2D eigenvalue weighted by atomic mass is 32.1. The summed E-state index contributed by atoms with van der Waals surface area (Å²) >= 11 is 1.57. The van der Waals surface area contributed by atoms with Gasteiger partial charge in [0.25, 0.3) is 0 Å². The van der Waals surface area contributed by atoms with Gasteiger partial charge in [-0.2, -0.15) is 0 Å². The Morgan fingerprint density at radius 2 is 2.25 bits per heavy atom. The lowest BCUT2D eigenvalue weighted by molar-refractivity contribution is 1.37. The Morgan fingerprint density at radius 1 is 1.58 bits per heavy atom. The molecule has 0 saturated heterocycles. The quantitative estimate of drug-likeness (QED) is 0.646. The molecule has 66 valence electrons. The molecule has 0 spiro atoms. The van der Waals surface area contributed by atoms with E-state index in [0.29, 0.717) is 0 Å². The van der Waals surface area contributed by atoms with Crippen LogP contribution < -0.4 is 0 Å². The summed E-state index contributed by atoms with van der Waals surface area (Å²) in [6.07, 6.45) is 3.52. The molecule has 0 radical (unpaired) electrons. The first-order valence-electron chi connectivity index (χ1n) is 3.86. The number of hydrogen-bond acceptors (Lipinski definition) is 3. The van der Waals surface area contributed by atoms with Crippen molar-refractivity contribution in [2.45, 2.75) is 13.8 Å².